The summed E-state index contributed by atoms with van der Waals surface area (Å²) in [5.74, 6) is -0.658. The van der Waals surface area contributed by atoms with E-state index >= 15 is 0 Å². The number of hydrogen-bond donors (Lipinski definition) is 1. The first-order valence-corrected chi connectivity index (χ1v) is 4.39. The zero-order chi connectivity index (χ0) is 10.6. The number of carbonyl (C=O) groups excluding carboxylic acids is 1. The van der Waals surface area contributed by atoms with Gasteiger partial charge in [0.05, 0.1) is 6.10 Å². The summed E-state index contributed by atoms with van der Waals surface area (Å²) in [6.45, 7) is 3.68. The Bertz CT molecular complexity index is 372. The lowest BCUT2D eigenvalue weighted by Gasteiger charge is -2.09. The van der Waals surface area contributed by atoms with E-state index in [4.69, 9.17) is 4.74 Å². The van der Waals surface area contributed by atoms with Crippen LogP contribution in [0.4, 0.5) is 0 Å². The Labute approximate surface area is 81.1 Å². The van der Waals surface area contributed by atoms with Crippen LogP contribution in [0.25, 0.3) is 0 Å². The highest BCUT2D eigenvalue weighted by atomic mass is 16.5. The van der Waals surface area contributed by atoms with Crippen LogP contribution in [-0.4, -0.2) is 22.0 Å². The van der Waals surface area contributed by atoms with E-state index < -0.39 is 5.97 Å². The summed E-state index contributed by atoms with van der Waals surface area (Å²) in [5, 5.41) is 0. The molecule has 1 aromatic heterocycles. The van der Waals surface area contributed by atoms with Gasteiger partial charge in [-0.25, -0.2) is 9.78 Å². The summed E-state index contributed by atoms with van der Waals surface area (Å²) in [6, 6.07) is 1.24. The maximum absolute atomic E-state index is 11.3. The molecule has 0 fully saturated rings. The fraction of sp³-hybridized carbons (Fsp3) is 0.444. The Morgan fingerprint density at radius 2 is 2.43 bits per heavy atom. The molecule has 1 heterocycles. The second-order valence-corrected chi connectivity index (χ2v) is 2.91. The molecule has 0 aromatic carbocycles. The molecule has 1 aromatic rings. The fourth-order valence-corrected chi connectivity index (χ4v) is 0.796. The lowest BCUT2D eigenvalue weighted by atomic mass is 10.3. The molecule has 0 aliphatic carbocycles. The Morgan fingerprint density at radius 1 is 1.71 bits per heavy atom. The normalized spacial score (nSPS) is 12.1. The quantitative estimate of drug-likeness (QED) is 0.723. The van der Waals surface area contributed by atoms with E-state index in [1.165, 1.54) is 12.3 Å². The minimum Gasteiger partial charge on any atom is -0.457 e. The van der Waals surface area contributed by atoms with E-state index in [1.807, 2.05) is 6.92 Å². The second-order valence-electron chi connectivity index (χ2n) is 2.91. The zero-order valence-electron chi connectivity index (χ0n) is 8.11. The molecule has 0 spiro atoms. The van der Waals surface area contributed by atoms with Crippen LogP contribution in [-0.2, 0) is 4.74 Å². The van der Waals surface area contributed by atoms with Gasteiger partial charge in [0, 0.05) is 12.3 Å². The standard InChI is InChI=1S/C9H12N2O3/c1-3-6(2)14-9(13)8-10-5-4-7(12)11-8/h4-6H,3H2,1-2H3,(H,10,11,12). The number of ether oxygens (including phenoxy) is 1. The van der Waals surface area contributed by atoms with Crippen molar-refractivity contribution in [1.82, 2.24) is 9.97 Å². The number of hydrogen-bond acceptors (Lipinski definition) is 4. The van der Waals surface area contributed by atoms with Crippen molar-refractivity contribution in [3.8, 4) is 0 Å². The van der Waals surface area contributed by atoms with Crippen molar-refractivity contribution in [3.05, 3.63) is 28.4 Å². The van der Waals surface area contributed by atoms with Crippen LogP contribution in [0.15, 0.2) is 17.1 Å². The van der Waals surface area contributed by atoms with E-state index in [-0.39, 0.29) is 17.5 Å². The molecule has 5 heteroatoms. The second kappa shape index (κ2) is 4.55. The molecule has 1 rings (SSSR count). The van der Waals surface area contributed by atoms with Gasteiger partial charge in [0.1, 0.15) is 0 Å². The maximum Gasteiger partial charge on any atom is 0.374 e. The molecular weight excluding hydrogens is 184 g/mol. The Hall–Kier alpha value is -1.65. The average molecular weight is 196 g/mol. The monoisotopic (exact) mass is 196 g/mol. The number of H-pyrrole nitrogens is 1. The molecule has 1 atom stereocenters. The Balaban J connectivity index is 2.75. The van der Waals surface area contributed by atoms with Gasteiger partial charge in [0.25, 0.3) is 5.56 Å². The van der Waals surface area contributed by atoms with E-state index in [1.54, 1.807) is 6.92 Å². The largest absolute Gasteiger partial charge is 0.457 e. The van der Waals surface area contributed by atoms with Crippen LogP contribution >= 0.6 is 0 Å². The minimum atomic E-state index is -0.600. The van der Waals surface area contributed by atoms with Crippen LogP contribution < -0.4 is 5.56 Å². The third-order valence-corrected chi connectivity index (χ3v) is 1.75. The molecule has 14 heavy (non-hydrogen) atoms. The lowest BCUT2D eigenvalue weighted by molar-refractivity contribution is 0.0319. The number of aromatic nitrogens is 2. The van der Waals surface area contributed by atoms with E-state index in [0.29, 0.717) is 0 Å². The summed E-state index contributed by atoms with van der Waals surface area (Å²) < 4.78 is 4.97. The fourth-order valence-electron chi connectivity index (χ4n) is 0.796. The molecule has 0 aliphatic rings. The number of carbonyl (C=O) groups is 1. The Kier molecular flexibility index (Phi) is 3.39. The minimum absolute atomic E-state index is 0.0576. The molecule has 0 aliphatic heterocycles. The number of aromatic amines is 1. The average Bonchev–Trinajstić information content (AvgIpc) is 2.17. The summed E-state index contributed by atoms with van der Waals surface area (Å²) in [4.78, 5) is 28.2. The van der Waals surface area contributed by atoms with Crippen LogP contribution in [0.3, 0.4) is 0 Å². The van der Waals surface area contributed by atoms with E-state index in [2.05, 4.69) is 9.97 Å². The highest BCUT2D eigenvalue weighted by Crippen LogP contribution is 1.99. The molecule has 1 unspecified atom stereocenters. The summed E-state index contributed by atoms with van der Waals surface area (Å²) in [6.07, 6.45) is 1.82. The number of nitrogens with one attached hydrogen (secondary N) is 1. The first-order valence-electron chi connectivity index (χ1n) is 4.39. The molecular formula is C9H12N2O3. The van der Waals surface area contributed by atoms with Crippen LogP contribution in [0.1, 0.15) is 30.9 Å². The SMILES string of the molecule is CCC(C)OC(=O)c1nccc(=O)[nH]1. The summed E-state index contributed by atoms with van der Waals surface area (Å²) >= 11 is 0. The molecule has 1 N–H and O–H groups in total. The first kappa shape index (κ1) is 10.4. The predicted molar refractivity (Wildman–Crippen MR) is 50.0 cm³/mol. The lowest BCUT2D eigenvalue weighted by Crippen LogP contribution is -2.19. The van der Waals surface area contributed by atoms with Crippen molar-refractivity contribution in [3.63, 3.8) is 0 Å². The van der Waals surface area contributed by atoms with Crippen LogP contribution in [0, 0.1) is 0 Å². The van der Waals surface area contributed by atoms with Crippen molar-refractivity contribution in [2.75, 3.05) is 0 Å². The number of nitrogens with zero attached hydrogens (tertiary/aromatic N) is 1. The van der Waals surface area contributed by atoms with Gasteiger partial charge in [-0.15, -0.1) is 0 Å². The smallest absolute Gasteiger partial charge is 0.374 e. The highest BCUT2D eigenvalue weighted by Gasteiger charge is 2.12. The molecule has 0 saturated carbocycles. The molecule has 76 valence electrons. The van der Waals surface area contributed by atoms with Gasteiger partial charge >= 0.3 is 5.97 Å². The molecule has 0 bridgehead atoms. The van der Waals surface area contributed by atoms with Gasteiger partial charge in [-0.1, -0.05) is 6.92 Å². The molecule has 0 radical (unpaired) electrons. The number of esters is 1. The summed E-state index contributed by atoms with van der Waals surface area (Å²) in [7, 11) is 0. The van der Waals surface area contributed by atoms with Crippen molar-refractivity contribution >= 4 is 5.97 Å². The van der Waals surface area contributed by atoms with Gasteiger partial charge in [-0.3, -0.25) is 4.79 Å². The van der Waals surface area contributed by atoms with E-state index in [0.717, 1.165) is 6.42 Å². The highest BCUT2D eigenvalue weighted by molar-refractivity contribution is 5.85. The third-order valence-electron chi connectivity index (χ3n) is 1.75. The summed E-state index contributed by atoms with van der Waals surface area (Å²) in [5.41, 5.74) is -0.365. The van der Waals surface area contributed by atoms with Gasteiger partial charge < -0.3 is 9.72 Å². The Morgan fingerprint density at radius 3 is 3.00 bits per heavy atom. The van der Waals surface area contributed by atoms with Gasteiger partial charge in [0.2, 0.25) is 5.82 Å². The predicted octanol–water partition coefficient (Wildman–Crippen LogP) is 0.725. The van der Waals surface area contributed by atoms with Gasteiger partial charge in [-0.05, 0) is 13.3 Å². The first-order chi connectivity index (χ1) is 6.63. The molecule has 0 amide bonds. The van der Waals surface area contributed by atoms with Crippen molar-refractivity contribution in [2.45, 2.75) is 26.4 Å². The van der Waals surface area contributed by atoms with Crippen LogP contribution in [0.2, 0.25) is 0 Å². The third kappa shape index (κ3) is 2.69. The van der Waals surface area contributed by atoms with Crippen molar-refractivity contribution in [1.29, 1.82) is 0 Å². The van der Waals surface area contributed by atoms with Crippen molar-refractivity contribution < 1.29 is 9.53 Å². The topological polar surface area (TPSA) is 72.0 Å². The van der Waals surface area contributed by atoms with Crippen molar-refractivity contribution in [2.24, 2.45) is 0 Å². The van der Waals surface area contributed by atoms with Gasteiger partial charge in [-0.2, -0.15) is 0 Å². The maximum atomic E-state index is 11.3. The molecule has 0 saturated heterocycles. The van der Waals surface area contributed by atoms with Gasteiger partial charge in [0.15, 0.2) is 0 Å². The molecule has 5 nitrogen and oxygen atoms in total. The number of rotatable bonds is 3. The van der Waals surface area contributed by atoms with E-state index in [9.17, 15) is 9.59 Å². The zero-order valence-corrected chi connectivity index (χ0v) is 8.11. The van der Waals surface area contributed by atoms with Crippen LogP contribution in [0.5, 0.6) is 0 Å².